The van der Waals surface area contributed by atoms with E-state index in [2.05, 4.69) is 14.7 Å². The molecule has 1 aromatic rings. The van der Waals surface area contributed by atoms with Gasteiger partial charge in [-0.05, 0) is 0 Å². The lowest BCUT2D eigenvalue weighted by Crippen LogP contribution is -2.11. The van der Waals surface area contributed by atoms with E-state index in [-0.39, 0.29) is 5.95 Å². The molecule has 1 heterocycles. The van der Waals surface area contributed by atoms with Gasteiger partial charge < -0.3 is 4.74 Å². The molecule has 0 saturated heterocycles. The van der Waals surface area contributed by atoms with Gasteiger partial charge in [0.15, 0.2) is 5.75 Å². The second-order valence-corrected chi connectivity index (χ2v) is 4.07. The van der Waals surface area contributed by atoms with E-state index < -0.39 is 10.0 Å². The molecule has 0 bridgehead atoms. The molecule has 0 saturated carbocycles. The normalized spacial score (nSPS) is 10.9. The number of hydrogen-bond acceptors (Lipinski definition) is 5. The second kappa shape index (κ2) is 3.56. The minimum Gasteiger partial charge on any atom is -0.494 e. The van der Waals surface area contributed by atoms with Crippen molar-refractivity contribution in [2.24, 2.45) is 0 Å². The third kappa shape index (κ3) is 3.24. The molecule has 0 aromatic carbocycles. The Kier molecular flexibility index (Phi) is 2.66. The molecular formula is C6H9N3O3S. The summed E-state index contributed by atoms with van der Waals surface area (Å²) in [7, 11) is -1.84. The SMILES string of the molecule is COc1cnc(NS(C)(=O)=O)nc1. The van der Waals surface area contributed by atoms with Crippen molar-refractivity contribution in [3.05, 3.63) is 12.4 Å². The highest BCUT2D eigenvalue weighted by Gasteiger charge is 2.03. The van der Waals surface area contributed by atoms with E-state index in [1.165, 1.54) is 19.5 Å². The lowest BCUT2D eigenvalue weighted by molar-refractivity contribution is 0.411. The fourth-order valence-electron chi connectivity index (χ4n) is 0.640. The van der Waals surface area contributed by atoms with E-state index in [0.717, 1.165) is 6.26 Å². The largest absolute Gasteiger partial charge is 0.494 e. The van der Waals surface area contributed by atoms with Crippen molar-refractivity contribution >= 4 is 16.0 Å². The molecule has 0 atom stereocenters. The van der Waals surface area contributed by atoms with Crippen LogP contribution in [0.3, 0.4) is 0 Å². The van der Waals surface area contributed by atoms with Gasteiger partial charge in [0.1, 0.15) is 0 Å². The molecule has 7 heteroatoms. The van der Waals surface area contributed by atoms with E-state index in [0.29, 0.717) is 5.75 Å². The number of anilines is 1. The van der Waals surface area contributed by atoms with Crippen LogP contribution in [0.15, 0.2) is 12.4 Å². The Balaban J connectivity index is 2.81. The minimum atomic E-state index is -3.31. The van der Waals surface area contributed by atoms with Gasteiger partial charge in [0, 0.05) is 0 Å². The van der Waals surface area contributed by atoms with Crippen molar-refractivity contribution in [1.29, 1.82) is 0 Å². The zero-order valence-corrected chi connectivity index (χ0v) is 8.00. The number of methoxy groups -OCH3 is 1. The van der Waals surface area contributed by atoms with Crippen molar-refractivity contribution < 1.29 is 13.2 Å². The summed E-state index contributed by atoms with van der Waals surface area (Å²) < 4.78 is 28.4. The molecule has 13 heavy (non-hydrogen) atoms. The van der Waals surface area contributed by atoms with E-state index >= 15 is 0 Å². The van der Waals surface area contributed by atoms with Gasteiger partial charge in [-0.15, -0.1) is 0 Å². The number of aromatic nitrogens is 2. The average Bonchev–Trinajstić information content (AvgIpc) is 2.03. The highest BCUT2D eigenvalue weighted by molar-refractivity contribution is 7.91. The molecule has 6 nitrogen and oxygen atoms in total. The summed E-state index contributed by atoms with van der Waals surface area (Å²) in [6, 6.07) is 0. The van der Waals surface area contributed by atoms with Crippen molar-refractivity contribution in [3.8, 4) is 5.75 Å². The molecular weight excluding hydrogens is 194 g/mol. The van der Waals surface area contributed by atoms with Crippen LogP contribution in [0.5, 0.6) is 5.75 Å². The molecule has 0 unspecified atom stereocenters. The summed E-state index contributed by atoms with van der Waals surface area (Å²) in [5.41, 5.74) is 0. The summed E-state index contributed by atoms with van der Waals surface area (Å²) in [6.07, 6.45) is 3.78. The van der Waals surface area contributed by atoms with Crippen molar-refractivity contribution in [1.82, 2.24) is 9.97 Å². The molecule has 1 rings (SSSR count). The molecule has 0 amide bonds. The van der Waals surface area contributed by atoms with E-state index in [1.807, 2.05) is 0 Å². The summed E-state index contributed by atoms with van der Waals surface area (Å²) >= 11 is 0. The molecule has 72 valence electrons. The monoisotopic (exact) mass is 203 g/mol. The van der Waals surface area contributed by atoms with Crippen LogP contribution in [0.25, 0.3) is 0 Å². The maximum absolute atomic E-state index is 10.7. The topological polar surface area (TPSA) is 81.2 Å². The maximum atomic E-state index is 10.7. The van der Waals surface area contributed by atoms with Crippen LogP contribution < -0.4 is 9.46 Å². The van der Waals surface area contributed by atoms with Crippen LogP contribution >= 0.6 is 0 Å². The predicted octanol–water partition coefficient (Wildman–Crippen LogP) is -0.143. The van der Waals surface area contributed by atoms with E-state index in [4.69, 9.17) is 4.74 Å². The molecule has 0 aliphatic heterocycles. The zero-order chi connectivity index (χ0) is 9.90. The quantitative estimate of drug-likeness (QED) is 0.739. The van der Waals surface area contributed by atoms with Gasteiger partial charge >= 0.3 is 0 Å². The Hall–Kier alpha value is -1.37. The summed E-state index contributed by atoms with van der Waals surface area (Å²) in [5.74, 6) is 0.502. The lowest BCUT2D eigenvalue weighted by atomic mass is 10.6. The van der Waals surface area contributed by atoms with Crippen molar-refractivity contribution in [2.75, 3.05) is 18.1 Å². The van der Waals surface area contributed by atoms with E-state index in [9.17, 15) is 8.42 Å². The third-order valence-electron chi connectivity index (χ3n) is 1.14. The minimum absolute atomic E-state index is 0.0308. The number of nitrogens with one attached hydrogen (secondary N) is 1. The lowest BCUT2D eigenvalue weighted by Gasteiger charge is -2.01. The summed E-state index contributed by atoms with van der Waals surface area (Å²) in [6.45, 7) is 0. The van der Waals surface area contributed by atoms with E-state index in [1.54, 1.807) is 0 Å². The first kappa shape index (κ1) is 9.72. The fourth-order valence-corrected chi connectivity index (χ4v) is 1.08. The molecule has 0 fully saturated rings. The van der Waals surface area contributed by atoms with Crippen LogP contribution in [0, 0.1) is 0 Å². The van der Waals surface area contributed by atoms with Crippen LogP contribution in [0.1, 0.15) is 0 Å². The number of hydrogen-bond donors (Lipinski definition) is 1. The standard InChI is InChI=1S/C6H9N3O3S/c1-12-5-3-7-6(8-4-5)9-13(2,10)11/h3-4H,1-2H3,(H,7,8,9). The third-order valence-corrected chi connectivity index (χ3v) is 1.69. The molecule has 0 spiro atoms. The van der Waals surface area contributed by atoms with Gasteiger partial charge in [-0.1, -0.05) is 0 Å². The number of sulfonamides is 1. The fraction of sp³-hybridized carbons (Fsp3) is 0.333. The van der Waals surface area contributed by atoms with Crippen molar-refractivity contribution in [2.45, 2.75) is 0 Å². The number of nitrogens with zero attached hydrogens (tertiary/aromatic N) is 2. The van der Waals surface area contributed by atoms with Gasteiger partial charge in [-0.2, -0.15) is 0 Å². The van der Waals surface area contributed by atoms with Gasteiger partial charge in [0.2, 0.25) is 16.0 Å². The van der Waals surface area contributed by atoms with Crippen LogP contribution in [-0.4, -0.2) is 31.8 Å². The number of rotatable bonds is 3. The molecule has 1 aromatic heterocycles. The molecule has 0 aliphatic rings. The highest BCUT2D eigenvalue weighted by atomic mass is 32.2. The first-order valence-corrected chi connectivity index (χ1v) is 5.24. The van der Waals surface area contributed by atoms with Crippen molar-refractivity contribution in [3.63, 3.8) is 0 Å². The Morgan fingerprint density at radius 3 is 2.31 bits per heavy atom. The maximum Gasteiger partial charge on any atom is 0.236 e. The first-order valence-electron chi connectivity index (χ1n) is 3.35. The summed E-state index contributed by atoms with van der Waals surface area (Å²) in [4.78, 5) is 7.42. The van der Waals surface area contributed by atoms with Crippen LogP contribution in [-0.2, 0) is 10.0 Å². The Morgan fingerprint density at radius 1 is 1.38 bits per heavy atom. The molecule has 0 radical (unpaired) electrons. The zero-order valence-electron chi connectivity index (χ0n) is 7.18. The number of ether oxygens (including phenoxy) is 1. The highest BCUT2D eigenvalue weighted by Crippen LogP contribution is 2.07. The molecule has 0 aliphatic carbocycles. The first-order chi connectivity index (χ1) is 6.01. The van der Waals surface area contributed by atoms with Crippen LogP contribution in [0.2, 0.25) is 0 Å². The Labute approximate surface area is 76.0 Å². The van der Waals surface area contributed by atoms with Gasteiger partial charge in [-0.3, -0.25) is 4.72 Å². The average molecular weight is 203 g/mol. The van der Waals surface area contributed by atoms with Crippen LogP contribution in [0.4, 0.5) is 5.95 Å². The second-order valence-electron chi connectivity index (χ2n) is 2.32. The molecule has 1 N–H and O–H groups in total. The Morgan fingerprint density at radius 2 is 1.92 bits per heavy atom. The smallest absolute Gasteiger partial charge is 0.236 e. The van der Waals surface area contributed by atoms with Gasteiger partial charge in [-0.25, -0.2) is 18.4 Å². The summed E-state index contributed by atoms with van der Waals surface area (Å²) in [5, 5.41) is 0. The van der Waals surface area contributed by atoms with Gasteiger partial charge in [0.25, 0.3) is 0 Å². The predicted molar refractivity (Wildman–Crippen MR) is 47.1 cm³/mol. The Bertz CT molecular complexity index is 373. The van der Waals surface area contributed by atoms with Gasteiger partial charge in [0.05, 0.1) is 25.8 Å².